The van der Waals surface area contributed by atoms with Gasteiger partial charge in [-0.15, -0.1) is 0 Å². The van der Waals surface area contributed by atoms with E-state index in [0.717, 1.165) is 17.5 Å². The van der Waals surface area contributed by atoms with E-state index in [1.807, 2.05) is 62.4 Å². The molecule has 0 radical (unpaired) electrons. The number of carbonyl (C=O) groups excluding carboxylic acids is 1. The monoisotopic (exact) mass is 478 g/mol. The van der Waals surface area contributed by atoms with Gasteiger partial charge in [0.25, 0.3) is 11.5 Å². The van der Waals surface area contributed by atoms with Crippen molar-refractivity contribution in [2.75, 3.05) is 17.2 Å². The topological polar surface area (TPSA) is 110 Å². The average molecular weight is 479 g/mol. The van der Waals surface area contributed by atoms with Crippen LogP contribution < -0.4 is 26.6 Å². The van der Waals surface area contributed by atoms with E-state index in [9.17, 15) is 14.4 Å². The summed E-state index contributed by atoms with van der Waals surface area (Å²) >= 11 is 0. The van der Waals surface area contributed by atoms with Gasteiger partial charge in [0.1, 0.15) is 11.6 Å². The number of nitrogen functional groups attached to an aromatic ring is 1. The molecule has 1 heterocycles. The van der Waals surface area contributed by atoms with Gasteiger partial charge in [0.2, 0.25) is 0 Å². The second-order valence-corrected chi connectivity index (χ2v) is 8.93. The van der Waals surface area contributed by atoms with Gasteiger partial charge in [0, 0.05) is 6.54 Å². The lowest BCUT2D eigenvalue weighted by molar-refractivity contribution is -0.120. The molecule has 8 heteroatoms. The number of aromatic nitrogens is 2. The van der Waals surface area contributed by atoms with E-state index in [0.29, 0.717) is 24.6 Å². The van der Waals surface area contributed by atoms with Crippen LogP contribution in [0.25, 0.3) is 0 Å². The quantitative estimate of drug-likeness (QED) is 0.458. The molecule has 0 aliphatic heterocycles. The molecule has 0 saturated heterocycles. The summed E-state index contributed by atoms with van der Waals surface area (Å²) in [6.45, 7) is 8.40. The number of H-pyrrole nitrogens is 1. The first-order valence-electron chi connectivity index (χ1n) is 11.9. The fourth-order valence-electron chi connectivity index (χ4n) is 4.04. The number of anilines is 2. The Kier molecular flexibility index (Phi) is 8.52. The third kappa shape index (κ3) is 6.20. The van der Waals surface area contributed by atoms with Gasteiger partial charge in [-0.05, 0) is 48.1 Å². The van der Waals surface area contributed by atoms with E-state index in [2.05, 4.69) is 18.8 Å². The summed E-state index contributed by atoms with van der Waals surface area (Å²) in [4.78, 5) is 42.3. The summed E-state index contributed by atoms with van der Waals surface area (Å²) in [5.74, 6) is 0.464. The number of carbonyl (C=O) groups is 1. The molecular formula is C27H34N4O4. The predicted octanol–water partition coefficient (Wildman–Crippen LogP) is 3.96. The first-order chi connectivity index (χ1) is 16.7. The highest BCUT2D eigenvalue weighted by atomic mass is 16.5. The number of nitrogens with two attached hydrogens (primary N) is 1. The van der Waals surface area contributed by atoms with Gasteiger partial charge < -0.3 is 10.5 Å². The van der Waals surface area contributed by atoms with Gasteiger partial charge in [-0.3, -0.25) is 24.0 Å². The van der Waals surface area contributed by atoms with Crippen LogP contribution in [-0.4, -0.2) is 22.1 Å². The first kappa shape index (κ1) is 25.8. The molecule has 35 heavy (non-hydrogen) atoms. The number of amides is 1. The molecular weight excluding hydrogens is 444 g/mol. The number of ether oxygens (including phenoxy) is 1. The smallest absolute Gasteiger partial charge is 0.330 e. The number of rotatable bonds is 10. The third-order valence-electron chi connectivity index (χ3n) is 5.93. The van der Waals surface area contributed by atoms with E-state index in [4.69, 9.17) is 10.5 Å². The van der Waals surface area contributed by atoms with Crippen molar-refractivity contribution in [3.63, 3.8) is 0 Å². The highest BCUT2D eigenvalue weighted by Gasteiger charge is 2.25. The van der Waals surface area contributed by atoms with Gasteiger partial charge in [-0.25, -0.2) is 4.79 Å². The fourth-order valence-corrected chi connectivity index (χ4v) is 4.04. The lowest BCUT2D eigenvalue weighted by Gasteiger charge is -2.25. The van der Waals surface area contributed by atoms with Crippen molar-refractivity contribution in [3.8, 4) is 5.75 Å². The zero-order valence-corrected chi connectivity index (χ0v) is 20.8. The average Bonchev–Trinajstić information content (AvgIpc) is 2.82. The summed E-state index contributed by atoms with van der Waals surface area (Å²) in [6.07, 6.45) is 1.55. The standard InChI is InChI=1S/C27H34N4O4/c1-5-6-14-30-25(28)24(26(33)29-27(30)34)31(16-20-10-8-7-9-11-20)23(32)17-35-21-12-13-22(18(2)3)19(4)15-21/h7-13,15,18H,5-6,14,16-17,28H2,1-4H3,(H,29,33,34). The molecule has 0 aliphatic rings. The molecule has 0 bridgehead atoms. The summed E-state index contributed by atoms with van der Waals surface area (Å²) in [5.41, 5.74) is 8.05. The molecule has 0 unspecified atom stereocenters. The van der Waals surface area contributed by atoms with Gasteiger partial charge in [-0.2, -0.15) is 0 Å². The van der Waals surface area contributed by atoms with Gasteiger partial charge in [0.05, 0.1) is 6.54 Å². The minimum atomic E-state index is -0.707. The number of unbranched alkanes of at least 4 members (excludes halogenated alkanes) is 1. The van der Waals surface area contributed by atoms with Crippen molar-refractivity contribution in [1.29, 1.82) is 0 Å². The van der Waals surface area contributed by atoms with E-state index in [1.165, 1.54) is 15.0 Å². The summed E-state index contributed by atoms with van der Waals surface area (Å²) in [7, 11) is 0. The van der Waals surface area contributed by atoms with Crippen LogP contribution in [0.15, 0.2) is 58.1 Å². The molecule has 3 rings (SSSR count). The molecule has 8 nitrogen and oxygen atoms in total. The van der Waals surface area contributed by atoms with Crippen molar-refractivity contribution >= 4 is 17.4 Å². The summed E-state index contributed by atoms with van der Waals surface area (Å²) < 4.78 is 7.12. The van der Waals surface area contributed by atoms with Gasteiger partial charge >= 0.3 is 5.69 Å². The van der Waals surface area contributed by atoms with E-state index in [-0.39, 0.29) is 24.7 Å². The maximum atomic E-state index is 13.4. The first-order valence-corrected chi connectivity index (χ1v) is 11.9. The Balaban J connectivity index is 1.95. The maximum Gasteiger partial charge on any atom is 0.330 e. The molecule has 0 fully saturated rings. The Morgan fingerprint density at radius 1 is 1.14 bits per heavy atom. The minimum absolute atomic E-state index is 0.0337. The van der Waals surface area contributed by atoms with Crippen molar-refractivity contribution in [2.24, 2.45) is 0 Å². The zero-order chi connectivity index (χ0) is 25.5. The van der Waals surface area contributed by atoms with Crippen LogP contribution in [0.3, 0.4) is 0 Å². The number of benzene rings is 2. The zero-order valence-electron chi connectivity index (χ0n) is 20.8. The van der Waals surface area contributed by atoms with E-state index in [1.54, 1.807) is 0 Å². The Bertz CT molecular complexity index is 1280. The SMILES string of the molecule is CCCCn1c(N)c(N(Cc2ccccc2)C(=O)COc2ccc(C(C)C)c(C)c2)c(=O)[nH]c1=O. The summed E-state index contributed by atoms with van der Waals surface area (Å²) in [6, 6.07) is 15.0. The number of hydrogen-bond acceptors (Lipinski definition) is 5. The predicted molar refractivity (Wildman–Crippen MR) is 139 cm³/mol. The molecule has 1 amide bonds. The van der Waals surface area contributed by atoms with Crippen LogP contribution in [0.2, 0.25) is 0 Å². The highest BCUT2D eigenvalue weighted by molar-refractivity contribution is 5.96. The molecule has 3 aromatic rings. The van der Waals surface area contributed by atoms with Crippen molar-refractivity contribution in [1.82, 2.24) is 9.55 Å². The maximum absolute atomic E-state index is 13.4. The molecule has 3 N–H and O–H groups in total. The van der Waals surface area contributed by atoms with E-state index >= 15 is 0 Å². The number of aryl methyl sites for hydroxylation is 1. The molecule has 0 spiro atoms. The highest BCUT2D eigenvalue weighted by Crippen LogP contribution is 2.24. The number of hydrogen-bond donors (Lipinski definition) is 2. The Labute approximate surface area is 205 Å². The minimum Gasteiger partial charge on any atom is -0.484 e. The largest absolute Gasteiger partial charge is 0.484 e. The Morgan fingerprint density at radius 3 is 2.49 bits per heavy atom. The second kappa shape index (κ2) is 11.6. The van der Waals surface area contributed by atoms with Crippen molar-refractivity contribution in [3.05, 3.63) is 86.1 Å². The Morgan fingerprint density at radius 2 is 1.86 bits per heavy atom. The van der Waals surface area contributed by atoms with Crippen LogP contribution in [0.4, 0.5) is 11.5 Å². The molecule has 0 aliphatic carbocycles. The van der Waals surface area contributed by atoms with E-state index < -0.39 is 17.2 Å². The van der Waals surface area contributed by atoms with Gasteiger partial charge in [0.15, 0.2) is 12.3 Å². The third-order valence-corrected chi connectivity index (χ3v) is 5.93. The second-order valence-electron chi connectivity index (χ2n) is 8.93. The molecule has 0 saturated carbocycles. The van der Waals surface area contributed by atoms with Crippen LogP contribution in [0.5, 0.6) is 5.75 Å². The summed E-state index contributed by atoms with van der Waals surface area (Å²) in [5, 5.41) is 0. The lowest BCUT2D eigenvalue weighted by atomic mass is 9.98. The number of nitrogens with one attached hydrogen (secondary N) is 1. The number of aromatic amines is 1. The number of nitrogens with zero attached hydrogens (tertiary/aromatic N) is 2. The van der Waals surface area contributed by atoms with Crippen LogP contribution in [-0.2, 0) is 17.9 Å². The van der Waals surface area contributed by atoms with Crippen molar-refractivity contribution < 1.29 is 9.53 Å². The van der Waals surface area contributed by atoms with Crippen LogP contribution in [0, 0.1) is 6.92 Å². The van der Waals surface area contributed by atoms with Crippen LogP contribution in [0.1, 0.15) is 56.2 Å². The lowest BCUT2D eigenvalue weighted by Crippen LogP contribution is -2.42. The normalized spacial score (nSPS) is 11.0. The molecule has 1 aromatic heterocycles. The molecule has 2 aromatic carbocycles. The Hall–Kier alpha value is -3.81. The van der Waals surface area contributed by atoms with Crippen molar-refractivity contribution in [2.45, 2.75) is 59.5 Å². The molecule has 186 valence electrons. The fraction of sp³-hybridized carbons (Fsp3) is 0.370. The molecule has 0 atom stereocenters. The van der Waals surface area contributed by atoms with Crippen LogP contribution >= 0.6 is 0 Å². The van der Waals surface area contributed by atoms with Gasteiger partial charge in [-0.1, -0.05) is 63.6 Å².